The van der Waals surface area contributed by atoms with Crippen molar-refractivity contribution in [3.05, 3.63) is 36.0 Å². The number of hydrogen-bond acceptors (Lipinski definition) is 2. The summed E-state index contributed by atoms with van der Waals surface area (Å²) in [5.74, 6) is 0. The molecule has 0 unspecified atom stereocenters. The highest BCUT2D eigenvalue weighted by Crippen LogP contribution is 2.23. The summed E-state index contributed by atoms with van der Waals surface area (Å²) in [5, 5.41) is 4.36. The Morgan fingerprint density at radius 1 is 1.29 bits per heavy atom. The Morgan fingerprint density at radius 3 is 2.64 bits per heavy atom. The van der Waals surface area contributed by atoms with Gasteiger partial charge in [-0.2, -0.15) is 5.10 Å². The molecule has 0 atom stereocenters. The van der Waals surface area contributed by atoms with Gasteiger partial charge in [-0.15, -0.1) is 12.6 Å². The van der Waals surface area contributed by atoms with Crippen molar-refractivity contribution in [3.8, 4) is 11.3 Å². The van der Waals surface area contributed by atoms with E-state index in [1.165, 1.54) is 11.1 Å². The fourth-order valence-corrected chi connectivity index (χ4v) is 1.76. The Hall–Kier alpha value is -1.22. The Morgan fingerprint density at radius 2 is 2.07 bits per heavy atom. The van der Waals surface area contributed by atoms with Crippen molar-refractivity contribution < 1.29 is 0 Å². The topological polar surface area (TPSA) is 17.8 Å². The first-order valence-electron chi connectivity index (χ1n) is 4.46. The molecular weight excluding hydrogens is 192 g/mol. The minimum Gasteiger partial charge on any atom is -0.275 e. The van der Waals surface area contributed by atoms with Gasteiger partial charge in [0.1, 0.15) is 0 Å². The summed E-state index contributed by atoms with van der Waals surface area (Å²) in [4.78, 5) is 0.988. The smallest absolute Gasteiger partial charge is 0.0925 e. The summed E-state index contributed by atoms with van der Waals surface area (Å²) in [6.45, 7) is 2.07. The van der Waals surface area contributed by atoms with E-state index in [1.54, 1.807) is 0 Å². The summed E-state index contributed by atoms with van der Waals surface area (Å²) in [6.07, 6.45) is 1.95. The van der Waals surface area contributed by atoms with Crippen LogP contribution < -0.4 is 0 Å². The second-order valence-corrected chi connectivity index (χ2v) is 3.89. The zero-order valence-electron chi connectivity index (χ0n) is 8.23. The highest BCUT2D eigenvalue weighted by molar-refractivity contribution is 7.80. The monoisotopic (exact) mass is 204 g/mol. The number of aromatic nitrogens is 2. The standard InChI is InChI=1S/C11H12N2S/c1-8-7-9(14)3-4-10(8)11-5-6-13(2)12-11/h3-7,14H,1-2H3. The van der Waals surface area contributed by atoms with Gasteiger partial charge in [-0.25, -0.2) is 0 Å². The maximum Gasteiger partial charge on any atom is 0.0925 e. The van der Waals surface area contributed by atoms with Gasteiger partial charge in [0.25, 0.3) is 0 Å². The average Bonchev–Trinajstić information content (AvgIpc) is 2.51. The largest absolute Gasteiger partial charge is 0.275 e. The van der Waals surface area contributed by atoms with E-state index in [0.717, 1.165) is 10.6 Å². The fraction of sp³-hybridized carbons (Fsp3) is 0.182. The van der Waals surface area contributed by atoms with E-state index in [4.69, 9.17) is 0 Å². The SMILES string of the molecule is Cc1cc(S)ccc1-c1ccn(C)n1. The number of hydrogen-bond donors (Lipinski definition) is 1. The van der Waals surface area contributed by atoms with Crippen LogP contribution in [0.1, 0.15) is 5.56 Å². The minimum atomic E-state index is 0.988. The molecular formula is C11H12N2S. The third kappa shape index (κ3) is 1.68. The summed E-state index contributed by atoms with van der Waals surface area (Å²) in [6, 6.07) is 8.10. The van der Waals surface area contributed by atoms with Crippen molar-refractivity contribution in [2.45, 2.75) is 11.8 Å². The predicted molar refractivity (Wildman–Crippen MR) is 60.6 cm³/mol. The zero-order valence-corrected chi connectivity index (χ0v) is 9.12. The van der Waals surface area contributed by atoms with Crippen molar-refractivity contribution in [2.75, 3.05) is 0 Å². The first-order chi connectivity index (χ1) is 6.66. The van der Waals surface area contributed by atoms with Gasteiger partial charge in [-0.05, 0) is 30.7 Å². The Balaban J connectivity index is 2.52. The average molecular weight is 204 g/mol. The molecule has 0 radical (unpaired) electrons. The van der Waals surface area contributed by atoms with E-state index in [0.29, 0.717) is 0 Å². The maximum atomic E-state index is 4.36. The number of nitrogens with zero attached hydrogens (tertiary/aromatic N) is 2. The van der Waals surface area contributed by atoms with Gasteiger partial charge in [0, 0.05) is 23.7 Å². The lowest BCUT2D eigenvalue weighted by atomic mass is 10.1. The molecule has 1 aromatic carbocycles. The molecule has 2 aromatic rings. The first kappa shape index (κ1) is 9.34. The molecule has 0 amide bonds. The predicted octanol–water partition coefficient (Wildman–Crippen LogP) is 2.68. The van der Waals surface area contributed by atoms with Crippen LogP contribution in [0.4, 0.5) is 0 Å². The molecule has 14 heavy (non-hydrogen) atoms. The van der Waals surface area contributed by atoms with Crippen molar-refractivity contribution in [1.29, 1.82) is 0 Å². The summed E-state index contributed by atoms with van der Waals surface area (Å²) in [7, 11) is 1.92. The van der Waals surface area contributed by atoms with Gasteiger partial charge < -0.3 is 0 Å². The van der Waals surface area contributed by atoms with E-state index in [1.807, 2.05) is 36.1 Å². The third-order valence-electron chi connectivity index (χ3n) is 2.20. The molecule has 1 heterocycles. The highest BCUT2D eigenvalue weighted by Gasteiger charge is 2.04. The fourth-order valence-electron chi connectivity index (χ4n) is 1.49. The lowest BCUT2D eigenvalue weighted by Gasteiger charge is -2.02. The minimum absolute atomic E-state index is 0.988. The number of aryl methyl sites for hydroxylation is 2. The van der Waals surface area contributed by atoms with E-state index in [2.05, 4.69) is 30.7 Å². The van der Waals surface area contributed by atoms with Crippen LogP contribution in [0.2, 0.25) is 0 Å². The van der Waals surface area contributed by atoms with Crippen LogP contribution in [0, 0.1) is 6.92 Å². The Kier molecular flexibility index (Phi) is 2.33. The summed E-state index contributed by atoms with van der Waals surface area (Å²) in [5.41, 5.74) is 3.39. The Labute approximate surface area is 89.0 Å². The second kappa shape index (κ2) is 3.50. The number of benzene rings is 1. The molecule has 0 fully saturated rings. The van der Waals surface area contributed by atoms with Crippen LogP contribution >= 0.6 is 12.6 Å². The van der Waals surface area contributed by atoms with Gasteiger partial charge >= 0.3 is 0 Å². The third-order valence-corrected chi connectivity index (χ3v) is 2.48. The van der Waals surface area contributed by atoms with Crippen molar-refractivity contribution in [3.63, 3.8) is 0 Å². The van der Waals surface area contributed by atoms with Gasteiger partial charge in [-0.3, -0.25) is 4.68 Å². The second-order valence-electron chi connectivity index (χ2n) is 3.37. The normalized spacial score (nSPS) is 10.5. The van der Waals surface area contributed by atoms with Gasteiger partial charge in [0.15, 0.2) is 0 Å². The van der Waals surface area contributed by atoms with Crippen LogP contribution in [-0.2, 0) is 7.05 Å². The molecule has 2 nitrogen and oxygen atoms in total. The quantitative estimate of drug-likeness (QED) is 0.707. The van der Waals surface area contributed by atoms with Crippen LogP contribution in [0.3, 0.4) is 0 Å². The van der Waals surface area contributed by atoms with Crippen molar-refractivity contribution in [1.82, 2.24) is 9.78 Å². The molecule has 72 valence electrons. The molecule has 0 N–H and O–H groups in total. The van der Waals surface area contributed by atoms with Crippen LogP contribution in [0.25, 0.3) is 11.3 Å². The van der Waals surface area contributed by atoms with Crippen LogP contribution in [-0.4, -0.2) is 9.78 Å². The molecule has 0 aliphatic carbocycles. The molecule has 2 rings (SSSR count). The Bertz CT molecular complexity index is 460. The number of rotatable bonds is 1. The molecule has 0 aliphatic heterocycles. The molecule has 1 aromatic heterocycles. The molecule has 0 saturated carbocycles. The molecule has 3 heteroatoms. The zero-order chi connectivity index (χ0) is 10.1. The number of thiol groups is 1. The van der Waals surface area contributed by atoms with Crippen molar-refractivity contribution >= 4 is 12.6 Å². The van der Waals surface area contributed by atoms with E-state index < -0.39 is 0 Å². The lowest BCUT2D eigenvalue weighted by Crippen LogP contribution is -1.89. The van der Waals surface area contributed by atoms with Crippen LogP contribution in [0.15, 0.2) is 35.4 Å². The van der Waals surface area contributed by atoms with E-state index >= 15 is 0 Å². The van der Waals surface area contributed by atoms with Gasteiger partial charge in [0.2, 0.25) is 0 Å². The maximum absolute atomic E-state index is 4.36. The van der Waals surface area contributed by atoms with E-state index in [-0.39, 0.29) is 0 Å². The highest BCUT2D eigenvalue weighted by atomic mass is 32.1. The molecule has 0 bridgehead atoms. The van der Waals surface area contributed by atoms with Crippen molar-refractivity contribution in [2.24, 2.45) is 7.05 Å². The summed E-state index contributed by atoms with van der Waals surface area (Å²) >= 11 is 4.29. The molecule has 0 aliphatic rings. The van der Waals surface area contributed by atoms with Gasteiger partial charge in [-0.1, -0.05) is 6.07 Å². The summed E-state index contributed by atoms with van der Waals surface area (Å²) < 4.78 is 1.81. The lowest BCUT2D eigenvalue weighted by molar-refractivity contribution is 0.770. The van der Waals surface area contributed by atoms with Gasteiger partial charge in [0.05, 0.1) is 5.69 Å². The first-order valence-corrected chi connectivity index (χ1v) is 4.91. The molecule has 0 spiro atoms. The van der Waals surface area contributed by atoms with E-state index in [9.17, 15) is 0 Å². The van der Waals surface area contributed by atoms with Crippen LogP contribution in [0.5, 0.6) is 0 Å². The molecule has 0 saturated heterocycles.